The summed E-state index contributed by atoms with van der Waals surface area (Å²) in [6.45, 7) is 8.31. The van der Waals surface area contributed by atoms with Crippen LogP contribution in [0.4, 0.5) is 0 Å². The quantitative estimate of drug-likeness (QED) is 0.915. The Bertz CT molecular complexity index is 544. The van der Waals surface area contributed by atoms with Gasteiger partial charge in [0.15, 0.2) is 0 Å². The van der Waals surface area contributed by atoms with E-state index < -0.39 is 11.0 Å². The van der Waals surface area contributed by atoms with Crippen molar-refractivity contribution >= 4 is 21.7 Å². The normalized spacial score (nSPS) is 14.9. The van der Waals surface area contributed by atoms with Crippen molar-refractivity contribution in [1.29, 1.82) is 0 Å². The summed E-state index contributed by atoms with van der Waals surface area (Å²) < 4.78 is 6.67. The molecule has 0 saturated carbocycles. The van der Waals surface area contributed by atoms with Crippen LogP contribution in [-0.2, 0) is 17.6 Å². The van der Waals surface area contributed by atoms with Crippen molar-refractivity contribution in [2.24, 2.45) is 11.1 Å². The van der Waals surface area contributed by atoms with Gasteiger partial charge in [-0.1, -0.05) is 29.8 Å². The summed E-state index contributed by atoms with van der Waals surface area (Å²) in [6, 6.07) is 4.04. The van der Waals surface area contributed by atoms with Gasteiger partial charge < -0.3 is 10.5 Å². The molecule has 0 fully saturated rings. The number of nitrogens with two attached hydrogens (primary N) is 1. The highest BCUT2D eigenvalue weighted by atomic mass is 79.9. The van der Waals surface area contributed by atoms with E-state index in [9.17, 15) is 4.79 Å². The molecular formula is C16H22BrNO2. The number of ether oxygens (including phenoxy) is 1. The van der Waals surface area contributed by atoms with Gasteiger partial charge in [0.25, 0.3) is 0 Å². The second kappa shape index (κ2) is 5.15. The van der Waals surface area contributed by atoms with Crippen LogP contribution in [0.5, 0.6) is 5.75 Å². The van der Waals surface area contributed by atoms with Gasteiger partial charge >= 0.3 is 0 Å². The molecule has 1 aromatic rings. The van der Waals surface area contributed by atoms with Crippen LogP contribution in [0.2, 0.25) is 0 Å². The van der Waals surface area contributed by atoms with Gasteiger partial charge in [0, 0.05) is 33.8 Å². The molecule has 1 heterocycles. The zero-order chi connectivity index (χ0) is 15.1. The van der Waals surface area contributed by atoms with Crippen LogP contribution in [0.3, 0.4) is 0 Å². The second-order valence-electron chi connectivity index (χ2n) is 6.60. The van der Waals surface area contributed by atoms with E-state index in [1.807, 2.05) is 33.8 Å². The highest BCUT2D eigenvalue weighted by molar-refractivity contribution is 9.10. The van der Waals surface area contributed by atoms with E-state index in [0.29, 0.717) is 13.0 Å². The molecule has 0 bridgehead atoms. The van der Waals surface area contributed by atoms with Crippen molar-refractivity contribution in [2.75, 3.05) is 6.61 Å². The van der Waals surface area contributed by atoms with Crippen molar-refractivity contribution in [2.45, 2.75) is 46.1 Å². The van der Waals surface area contributed by atoms with E-state index in [1.54, 1.807) is 0 Å². The van der Waals surface area contributed by atoms with E-state index in [2.05, 4.69) is 22.0 Å². The lowest BCUT2D eigenvalue weighted by molar-refractivity contribution is -0.129. The molecule has 0 unspecified atom stereocenters. The first-order valence-electron chi connectivity index (χ1n) is 6.89. The van der Waals surface area contributed by atoms with Crippen LogP contribution in [-0.4, -0.2) is 17.9 Å². The third-order valence-corrected chi connectivity index (χ3v) is 4.94. The maximum atomic E-state index is 12.6. The standard InChI is InChI=1S/C16H22BrNO2/c1-15(2,16(3,4)18)13(19)9-11-8-12(17)7-10-5-6-20-14(10)11/h7-8H,5-6,9,18H2,1-4H3. The summed E-state index contributed by atoms with van der Waals surface area (Å²) in [5.41, 5.74) is 7.14. The van der Waals surface area contributed by atoms with Gasteiger partial charge in [-0.15, -0.1) is 0 Å². The highest BCUT2D eigenvalue weighted by Crippen LogP contribution is 2.36. The van der Waals surface area contributed by atoms with Gasteiger partial charge in [-0.2, -0.15) is 0 Å². The van der Waals surface area contributed by atoms with Crippen molar-refractivity contribution in [1.82, 2.24) is 0 Å². The molecule has 0 aliphatic carbocycles. The summed E-state index contributed by atoms with van der Waals surface area (Å²) in [4.78, 5) is 12.6. The minimum absolute atomic E-state index is 0.140. The number of halogens is 1. The number of ketones is 1. The van der Waals surface area contributed by atoms with Crippen LogP contribution in [0.15, 0.2) is 16.6 Å². The molecule has 2 rings (SSSR count). The van der Waals surface area contributed by atoms with Crippen LogP contribution >= 0.6 is 15.9 Å². The first-order chi connectivity index (χ1) is 9.13. The zero-order valence-electron chi connectivity index (χ0n) is 12.5. The Hall–Kier alpha value is -0.870. The van der Waals surface area contributed by atoms with Gasteiger partial charge in [-0.3, -0.25) is 4.79 Å². The monoisotopic (exact) mass is 339 g/mol. The fourth-order valence-electron chi connectivity index (χ4n) is 2.23. The fraction of sp³-hybridized carbons (Fsp3) is 0.562. The molecule has 20 heavy (non-hydrogen) atoms. The summed E-state index contributed by atoms with van der Waals surface area (Å²) in [5, 5.41) is 0. The molecule has 1 aliphatic rings. The average molecular weight is 340 g/mol. The molecule has 0 amide bonds. The molecule has 1 aromatic carbocycles. The summed E-state index contributed by atoms with van der Waals surface area (Å²) in [5.74, 6) is 1.02. The fourth-order valence-corrected chi connectivity index (χ4v) is 2.78. The van der Waals surface area contributed by atoms with E-state index in [0.717, 1.165) is 22.2 Å². The third kappa shape index (κ3) is 2.77. The topological polar surface area (TPSA) is 52.3 Å². The predicted molar refractivity (Wildman–Crippen MR) is 84.1 cm³/mol. The maximum absolute atomic E-state index is 12.6. The highest BCUT2D eigenvalue weighted by Gasteiger charge is 2.40. The van der Waals surface area contributed by atoms with Crippen molar-refractivity contribution in [3.8, 4) is 5.75 Å². The predicted octanol–water partition coefficient (Wildman–Crippen LogP) is 3.26. The van der Waals surface area contributed by atoms with Crippen molar-refractivity contribution in [3.63, 3.8) is 0 Å². The number of carbonyl (C=O) groups is 1. The summed E-state index contributed by atoms with van der Waals surface area (Å²) in [6.07, 6.45) is 1.26. The molecule has 0 atom stereocenters. The smallest absolute Gasteiger partial charge is 0.144 e. The van der Waals surface area contributed by atoms with Gasteiger partial charge in [0.1, 0.15) is 11.5 Å². The molecule has 3 nitrogen and oxygen atoms in total. The Labute approximate surface area is 129 Å². The Balaban J connectivity index is 2.30. The lowest BCUT2D eigenvalue weighted by atomic mass is 9.70. The Morgan fingerprint density at radius 3 is 2.60 bits per heavy atom. The Morgan fingerprint density at radius 2 is 2.00 bits per heavy atom. The van der Waals surface area contributed by atoms with E-state index in [4.69, 9.17) is 10.5 Å². The van der Waals surface area contributed by atoms with Gasteiger partial charge in [-0.05, 0) is 31.5 Å². The molecule has 110 valence electrons. The van der Waals surface area contributed by atoms with Gasteiger partial charge in [0.05, 0.1) is 6.61 Å². The minimum atomic E-state index is -0.583. The first kappa shape index (κ1) is 15.5. The van der Waals surface area contributed by atoms with E-state index >= 15 is 0 Å². The first-order valence-corrected chi connectivity index (χ1v) is 7.68. The lowest BCUT2D eigenvalue weighted by Gasteiger charge is -2.37. The second-order valence-corrected chi connectivity index (χ2v) is 7.51. The number of hydrogen-bond acceptors (Lipinski definition) is 3. The van der Waals surface area contributed by atoms with Gasteiger partial charge in [0.2, 0.25) is 0 Å². The molecule has 1 aliphatic heterocycles. The number of carbonyl (C=O) groups excluding carboxylic acids is 1. The van der Waals surface area contributed by atoms with Crippen molar-refractivity contribution < 1.29 is 9.53 Å². The van der Waals surface area contributed by atoms with Crippen molar-refractivity contribution in [3.05, 3.63) is 27.7 Å². The SMILES string of the molecule is CC(C)(N)C(C)(C)C(=O)Cc1cc(Br)cc2c1OCC2. The molecule has 4 heteroatoms. The number of fused-ring (bicyclic) bond motifs is 1. The third-order valence-electron chi connectivity index (χ3n) is 4.48. The maximum Gasteiger partial charge on any atom is 0.144 e. The average Bonchev–Trinajstić information content (AvgIpc) is 2.75. The number of Topliss-reactive ketones (excluding diaryl/α,β-unsaturated/α-hetero) is 1. The summed E-state index contributed by atoms with van der Waals surface area (Å²) >= 11 is 3.50. The van der Waals surface area contributed by atoms with Crippen LogP contribution < -0.4 is 10.5 Å². The molecule has 0 aromatic heterocycles. The molecule has 0 spiro atoms. The summed E-state index contributed by atoms with van der Waals surface area (Å²) in [7, 11) is 0. The van der Waals surface area contributed by atoms with Gasteiger partial charge in [-0.25, -0.2) is 0 Å². The van der Waals surface area contributed by atoms with Crippen LogP contribution in [0.25, 0.3) is 0 Å². The lowest BCUT2D eigenvalue weighted by Crippen LogP contribution is -2.52. The van der Waals surface area contributed by atoms with Crippen LogP contribution in [0, 0.1) is 5.41 Å². The number of rotatable bonds is 4. The van der Waals surface area contributed by atoms with E-state index in [-0.39, 0.29) is 5.78 Å². The van der Waals surface area contributed by atoms with Crippen LogP contribution in [0.1, 0.15) is 38.8 Å². The Kier molecular flexibility index (Phi) is 4.00. The number of hydrogen-bond donors (Lipinski definition) is 1. The molecule has 0 radical (unpaired) electrons. The molecular weight excluding hydrogens is 318 g/mol. The zero-order valence-corrected chi connectivity index (χ0v) is 14.1. The number of benzene rings is 1. The molecule has 0 saturated heterocycles. The largest absolute Gasteiger partial charge is 0.493 e. The molecule has 2 N–H and O–H groups in total. The Morgan fingerprint density at radius 1 is 1.35 bits per heavy atom. The minimum Gasteiger partial charge on any atom is -0.493 e. The van der Waals surface area contributed by atoms with E-state index in [1.165, 1.54) is 5.56 Å².